The number of hydrogen-bond donors (Lipinski definition) is 1. The van der Waals surface area contributed by atoms with Gasteiger partial charge in [0.2, 0.25) is 5.91 Å². The lowest BCUT2D eigenvalue weighted by molar-refractivity contribution is -0.143. The molecule has 1 aromatic heterocycles. The summed E-state index contributed by atoms with van der Waals surface area (Å²) in [6.07, 6.45) is 5.62. The summed E-state index contributed by atoms with van der Waals surface area (Å²) >= 11 is 0. The van der Waals surface area contributed by atoms with E-state index >= 15 is 0 Å². The number of piperidine rings is 1. The van der Waals surface area contributed by atoms with Crippen LogP contribution in [0.15, 0.2) is 0 Å². The van der Waals surface area contributed by atoms with Crippen molar-refractivity contribution in [2.24, 2.45) is 0 Å². The highest BCUT2D eigenvalue weighted by Crippen LogP contribution is 2.26. The number of amides is 1. The van der Waals surface area contributed by atoms with Crippen LogP contribution < -0.4 is 0 Å². The molecule has 0 spiro atoms. The molecule has 134 valence electrons. The maximum atomic E-state index is 13.3. The minimum Gasteiger partial charge on any atom is -0.328 e. The molecule has 3 heterocycles. The van der Waals surface area contributed by atoms with E-state index in [2.05, 4.69) is 44.4 Å². The van der Waals surface area contributed by atoms with Crippen molar-refractivity contribution in [3.63, 3.8) is 0 Å². The summed E-state index contributed by atoms with van der Waals surface area (Å²) in [6.45, 7) is 6.64. The first-order valence-corrected chi connectivity index (χ1v) is 9.17. The van der Waals surface area contributed by atoms with Crippen molar-refractivity contribution in [1.82, 2.24) is 35.3 Å². The molecule has 0 aliphatic carbocycles. The van der Waals surface area contributed by atoms with Gasteiger partial charge in [0.15, 0.2) is 5.82 Å². The Morgan fingerprint density at radius 2 is 2.17 bits per heavy atom. The minimum atomic E-state index is -0.107. The molecule has 2 fully saturated rings. The standard InChI is InChI=1S/C16H29N7O/c1-3-4-8-22-9-6-5-7-13(22)16(24)23-11-10-21(2)12-14(23)15-17-19-20-18-15/h13-14H,3-12H2,1-2H3,(H,17,18,19,20). The highest BCUT2D eigenvalue weighted by molar-refractivity contribution is 5.82. The van der Waals surface area contributed by atoms with Gasteiger partial charge in [0.1, 0.15) is 6.04 Å². The van der Waals surface area contributed by atoms with Crippen LogP contribution in [0.2, 0.25) is 0 Å². The third-order valence-corrected chi connectivity index (χ3v) is 5.22. The molecule has 2 aliphatic heterocycles. The van der Waals surface area contributed by atoms with E-state index in [0.717, 1.165) is 58.4 Å². The Morgan fingerprint density at radius 3 is 2.92 bits per heavy atom. The second-order valence-corrected chi connectivity index (χ2v) is 6.98. The number of aromatic amines is 1. The normalized spacial score (nSPS) is 26.7. The van der Waals surface area contributed by atoms with E-state index in [0.29, 0.717) is 5.82 Å². The summed E-state index contributed by atoms with van der Waals surface area (Å²) in [5, 5.41) is 14.5. The maximum Gasteiger partial charge on any atom is 0.240 e. The fourth-order valence-corrected chi connectivity index (χ4v) is 3.81. The van der Waals surface area contributed by atoms with Crippen molar-refractivity contribution < 1.29 is 4.79 Å². The van der Waals surface area contributed by atoms with Crippen LogP contribution >= 0.6 is 0 Å². The molecule has 2 saturated heterocycles. The Bertz CT molecular complexity index is 521. The van der Waals surface area contributed by atoms with E-state index in [1.165, 1.54) is 6.42 Å². The van der Waals surface area contributed by atoms with Crippen molar-refractivity contribution in [2.45, 2.75) is 51.1 Å². The molecular formula is C16H29N7O. The molecule has 8 heteroatoms. The van der Waals surface area contributed by atoms with Gasteiger partial charge in [-0.2, -0.15) is 5.21 Å². The number of tetrazole rings is 1. The van der Waals surface area contributed by atoms with Gasteiger partial charge in [0.25, 0.3) is 0 Å². The topological polar surface area (TPSA) is 81.3 Å². The molecule has 2 unspecified atom stereocenters. The monoisotopic (exact) mass is 335 g/mol. The number of rotatable bonds is 5. The Kier molecular flexibility index (Phi) is 5.78. The quantitative estimate of drug-likeness (QED) is 0.852. The average Bonchev–Trinajstić information content (AvgIpc) is 3.14. The van der Waals surface area contributed by atoms with E-state index in [-0.39, 0.29) is 18.0 Å². The molecule has 24 heavy (non-hydrogen) atoms. The first-order chi connectivity index (χ1) is 11.7. The predicted octanol–water partition coefficient (Wildman–Crippen LogP) is 0.669. The number of carbonyl (C=O) groups is 1. The van der Waals surface area contributed by atoms with Gasteiger partial charge in [-0.05, 0) is 39.4 Å². The van der Waals surface area contributed by atoms with E-state index < -0.39 is 0 Å². The van der Waals surface area contributed by atoms with Crippen molar-refractivity contribution in [3.8, 4) is 0 Å². The summed E-state index contributed by atoms with van der Waals surface area (Å²) in [7, 11) is 2.07. The second-order valence-electron chi connectivity index (χ2n) is 6.98. The molecule has 2 aliphatic rings. The van der Waals surface area contributed by atoms with Gasteiger partial charge in [-0.1, -0.05) is 25.0 Å². The number of piperazine rings is 1. The molecule has 0 bridgehead atoms. The number of hydrogen-bond acceptors (Lipinski definition) is 6. The highest BCUT2D eigenvalue weighted by atomic mass is 16.2. The van der Waals surface area contributed by atoms with E-state index in [4.69, 9.17) is 0 Å². The van der Waals surface area contributed by atoms with Crippen molar-refractivity contribution in [2.75, 3.05) is 39.8 Å². The van der Waals surface area contributed by atoms with Crippen molar-refractivity contribution in [3.05, 3.63) is 5.82 Å². The van der Waals surface area contributed by atoms with Crippen LogP contribution in [0.5, 0.6) is 0 Å². The number of aromatic nitrogens is 4. The molecule has 0 aromatic carbocycles. The molecule has 3 rings (SSSR count). The van der Waals surface area contributed by atoms with Crippen LogP contribution in [0.4, 0.5) is 0 Å². The van der Waals surface area contributed by atoms with Crippen LogP contribution in [0.3, 0.4) is 0 Å². The van der Waals surface area contributed by atoms with Crippen LogP contribution in [0.1, 0.15) is 50.9 Å². The number of likely N-dealkylation sites (tertiary alicyclic amines) is 1. The molecule has 1 N–H and O–H groups in total. The molecular weight excluding hydrogens is 306 g/mol. The summed E-state index contributed by atoms with van der Waals surface area (Å²) in [6, 6.07) is -0.0898. The third kappa shape index (κ3) is 3.75. The molecule has 2 atom stereocenters. The number of nitrogens with zero attached hydrogens (tertiary/aromatic N) is 6. The average molecular weight is 335 g/mol. The first kappa shape index (κ1) is 17.3. The number of unbranched alkanes of at least 4 members (excludes halogenated alkanes) is 1. The smallest absolute Gasteiger partial charge is 0.240 e. The lowest BCUT2D eigenvalue weighted by atomic mass is 9.99. The van der Waals surface area contributed by atoms with Gasteiger partial charge < -0.3 is 9.80 Å². The van der Waals surface area contributed by atoms with Gasteiger partial charge in [-0.25, -0.2) is 0 Å². The third-order valence-electron chi connectivity index (χ3n) is 5.22. The largest absolute Gasteiger partial charge is 0.328 e. The fourth-order valence-electron chi connectivity index (χ4n) is 3.81. The molecule has 1 amide bonds. The van der Waals surface area contributed by atoms with E-state index in [1.54, 1.807) is 0 Å². The number of nitrogens with one attached hydrogen (secondary N) is 1. The van der Waals surface area contributed by atoms with Crippen LogP contribution in [-0.2, 0) is 4.79 Å². The summed E-state index contributed by atoms with van der Waals surface area (Å²) in [4.78, 5) is 19.9. The summed E-state index contributed by atoms with van der Waals surface area (Å²) in [5.74, 6) is 0.861. The zero-order chi connectivity index (χ0) is 16.9. The van der Waals surface area contributed by atoms with Gasteiger partial charge in [0, 0.05) is 19.6 Å². The van der Waals surface area contributed by atoms with Crippen LogP contribution in [-0.4, -0.2) is 87.0 Å². The highest BCUT2D eigenvalue weighted by Gasteiger charge is 2.38. The zero-order valence-corrected chi connectivity index (χ0v) is 14.8. The SMILES string of the molecule is CCCCN1CCCCC1C(=O)N1CCN(C)CC1c1nn[nH]n1. The zero-order valence-electron chi connectivity index (χ0n) is 14.8. The summed E-state index contributed by atoms with van der Waals surface area (Å²) in [5.41, 5.74) is 0. The molecule has 8 nitrogen and oxygen atoms in total. The van der Waals surface area contributed by atoms with Gasteiger partial charge >= 0.3 is 0 Å². The number of H-pyrrole nitrogens is 1. The molecule has 1 aromatic rings. The van der Waals surface area contributed by atoms with Crippen molar-refractivity contribution >= 4 is 5.91 Å². The Labute approximate surface area is 143 Å². The Balaban J connectivity index is 1.75. The maximum absolute atomic E-state index is 13.3. The van der Waals surface area contributed by atoms with Crippen molar-refractivity contribution in [1.29, 1.82) is 0 Å². The number of likely N-dealkylation sites (N-methyl/N-ethyl adjacent to an activating group) is 1. The van der Waals surface area contributed by atoms with E-state index in [9.17, 15) is 4.79 Å². The van der Waals surface area contributed by atoms with Crippen LogP contribution in [0, 0.1) is 0 Å². The molecule has 0 saturated carbocycles. The minimum absolute atomic E-state index is 0.0168. The lowest BCUT2D eigenvalue weighted by Gasteiger charge is -2.43. The van der Waals surface area contributed by atoms with Gasteiger partial charge in [-0.3, -0.25) is 9.69 Å². The Morgan fingerprint density at radius 1 is 1.29 bits per heavy atom. The lowest BCUT2D eigenvalue weighted by Crippen LogP contribution is -2.56. The number of carbonyl (C=O) groups excluding carboxylic acids is 1. The second kappa shape index (κ2) is 8.02. The van der Waals surface area contributed by atoms with E-state index in [1.807, 2.05) is 4.90 Å². The van der Waals surface area contributed by atoms with Gasteiger partial charge in [0.05, 0.1) is 6.04 Å². The Hall–Kier alpha value is -1.54. The first-order valence-electron chi connectivity index (χ1n) is 9.17. The predicted molar refractivity (Wildman–Crippen MR) is 90.2 cm³/mol. The van der Waals surface area contributed by atoms with Gasteiger partial charge in [-0.15, -0.1) is 10.2 Å². The molecule has 0 radical (unpaired) electrons. The fraction of sp³-hybridized carbons (Fsp3) is 0.875. The summed E-state index contributed by atoms with van der Waals surface area (Å²) < 4.78 is 0. The van der Waals surface area contributed by atoms with Crippen LogP contribution in [0.25, 0.3) is 0 Å².